The second-order valence-electron chi connectivity index (χ2n) is 19.6. The molecule has 2 unspecified atom stereocenters. The number of hydrogen-bond donors (Lipinski definition) is 4. The number of hydrogen-bond acceptors (Lipinski definition) is 12. The van der Waals surface area contributed by atoms with Gasteiger partial charge in [-0.15, -0.1) is 0 Å². The molecule has 0 saturated carbocycles. The van der Waals surface area contributed by atoms with Crippen molar-refractivity contribution in [3.63, 3.8) is 0 Å². The summed E-state index contributed by atoms with van der Waals surface area (Å²) in [5.74, 6) is -4.68. The lowest BCUT2D eigenvalue weighted by Gasteiger charge is -2.43. The predicted molar refractivity (Wildman–Crippen MR) is 267 cm³/mol. The molecule has 0 spiro atoms. The van der Waals surface area contributed by atoms with Crippen LogP contribution in [0.25, 0.3) is 22.2 Å². The van der Waals surface area contributed by atoms with Crippen molar-refractivity contribution in [1.29, 1.82) is 0 Å². The van der Waals surface area contributed by atoms with Crippen LogP contribution in [0.2, 0.25) is 0 Å². The van der Waals surface area contributed by atoms with E-state index in [-0.39, 0.29) is 36.8 Å². The number of H-pyrrole nitrogens is 1. The number of ketones is 1. The summed E-state index contributed by atoms with van der Waals surface area (Å²) >= 11 is 0. The number of aromatic amines is 1. The molecule has 73 heavy (non-hydrogen) atoms. The molecule has 5 aromatic rings. The number of pyridine rings is 1. The maximum atomic E-state index is 15.7. The Kier molecular flexibility index (Phi) is 13.9. The molecule has 0 radical (unpaired) electrons. The molecular weight excluding hydrogens is 963 g/mol. The number of likely N-dealkylation sites (tertiary alicyclic amines) is 1. The average molecular weight is 1020 g/mol. The number of nitrogens with zero attached hydrogens (tertiary/aromatic N) is 7. The molecule has 5 aliphatic heterocycles. The van der Waals surface area contributed by atoms with Crippen LogP contribution in [0, 0.1) is 17.6 Å². The van der Waals surface area contributed by atoms with Gasteiger partial charge in [0.15, 0.2) is 12.0 Å². The molecule has 18 nitrogen and oxygen atoms in total. The number of carbonyl (C=O) groups excluding carboxylic acids is 5. The molecule has 4 N–H and O–H groups in total. The quantitative estimate of drug-likeness (QED) is 0.0941. The monoisotopic (exact) mass is 1020 g/mol. The molecule has 0 aliphatic carbocycles. The van der Waals surface area contributed by atoms with Crippen LogP contribution in [-0.4, -0.2) is 155 Å². The van der Waals surface area contributed by atoms with Crippen molar-refractivity contribution in [2.75, 3.05) is 75.6 Å². The number of carbonyl (C=O) groups is 5. The van der Waals surface area contributed by atoms with Crippen molar-refractivity contribution in [3.8, 4) is 11.1 Å². The standard InChI is InChI=1S/C52H58F2N10O8S/c1-3-59(2)73(71,72)58-42-11-10-41(53)45(46(42)54)47(66)40-29-56-48-38(40)26-34(28-55-48)32-6-4-31(5-7-32)30-60-22-24-62(25-23-60)35-16-20-63(21-17-35)50(68)33-14-18-61(19-15-33)36-8-9-37-39(27-36)52(70)64(51(37)69)43-12-13-44(65)57-49(43)67/h4-11,26-29,33,35,43,52,58,70H,3,12-25,30H2,1-2H3,(H,55,56)(H,57,65,67). The zero-order chi connectivity index (χ0) is 51.3. The summed E-state index contributed by atoms with van der Waals surface area (Å²) in [6.07, 6.45) is 5.23. The van der Waals surface area contributed by atoms with Crippen LogP contribution in [0.3, 0.4) is 0 Å². The van der Waals surface area contributed by atoms with Crippen LogP contribution in [0.4, 0.5) is 20.2 Å². The molecule has 4 amide bonds. The van der Waals surface area contributed by atoms with Gasteiger partial charge in [0, 0.05) is 137 Å². The van der Waals surface area contributed by atoms with Crippen LogP contribution >= 0.6 is 0 Å². The lowest BCUT2D eigenvalue weighted by atomic mass is 9.93. The molecule has 0 bridgehead atoms. The average Bonchev–Trinajstić information content (AvgIpc) is 3.94. The number of halogens is 2. The summed E-state index contributed by atoms with van der Waals surface area (Å²) in [6.45, 7) is 8.95. The zero-order valence-electron chi connectivity index (χ0n) is 40.7. The zero-order valence-corrected chi connectivity index (χ0v) is 41.5. The highest BCUT2D eigenvalue weighted by Crippen LogP contribution is 2.39. The minimum atomic E-state index is -4.14. The molecule has 3 aromatic carbocycles. The number of imide groups is 1. The fraction of sp³-hybridized carbons (Fsp3) is 0.423. The van der Waals surface area contributed by atoms with Crippen LogP contribution < -0.4 is 14.9 Å². The number of aliphatic hydroxyl groups is 1. The SMILES string of the molecule is CCN(C)S(=O)(=O)Nc1ccc(F)c(C(=O)c2c[nH]c3ncc(-c4ccc(CN5CCN(C6CCN(C(=O)C7CCN(c8ccc9c(c8)C(O)N(C8CCC(=O)NC8=O)C9=O)CC7)CC6)CC5)cc4)cc23)c1F. The summed E-state index contributed by atoms with van der Waals surface area (Å²) in [4.78, 5) is 82.7. The van der Waals surface area contributed by atoms with Gasteiger partial charge in [0.25, 0.3) is 5.91 Å². The van der Waals surface area contributed by atoms with Gasteiger partial charge in [0.1, 0.15) is 17.5 Å². The van der Waals surface area contributed by atoms with Crippen LogP contribution in [0.15, 0.2) is 73.1 Å². The Labute approximate surface area is 421 Å². The van der Waals surface area contributed by atoms with Crippen molar-refractivity contribution < 1.29 is 46.3 Å². The van der Waals surface area contributed by atoms with E-state index in [4.69, 9.17) is 0 Å². The van der Waals surface area contributed by atoms with Gasteiger partial charge >= 0.3 is 10.2 Å². The number of aliphatic hydroxyl groups excluding tert-OH is 1. The summed E-state index contributed by atoms with van der Waals surface area (Å²) in [5.41, 5.74) is 3.19. The van der Waals surface area contributed by atoms with Crippen molar-refractivity contribution in [1.82, 2.24) is 39.2 Å². The minimum absolute atomic E-state index is 0.0155. The first-order chi connectivity index (χ1) is 35.1. The summed E-state index contributed by atoms with van der Waals surface area (Å²) < 4.78 is 59.0. The Hall–Kier alpha value is -6.65. The number of rotatable bonds is 13. The van der Waals surface area contributed by atoms with E-state index in [0.29, 0.717) is 59.7 Å². The van der Waals surface area contributed by atoms with Gasteiger partial charge < -0.3 is 19.9 Å². The van der Waals surface area contributed by atoms with Crippen molar-refractivity contribution >= 4 is 62.0 Å². The maximum Gasteiger partial charge on any atom is 0.301 e. The van der Waals surface area contributed by atoms with Gasteiger partial charge in [-0.3, -0.25) is 48.7 Å². The molecule has 384 valence electrons. The highest BCUT2D eigenvalue weighted by molar-refractivity contribution is 7.90. The van der Waals surface area contributed by atoms with E-state index >= 15 is 8.78 Å². The number of aromatic nitrogens is 2. The molecule has 2 atom stereocenters. The predicted octanol–water partition coefficient (Wildman–Crippen LogP) is 4.62. The molecule has 5 aliphatic rings. The summed E-state index contributed by atoms with van der Waals surface area (Å²) in [7, 11) is -2.84. The van der Waals surface area contributed by atoms with Gasteiger partial charge in [0.2, 0.25) is 23.5 Å². The van der Waals surface area contributed by atoms with Gasteiger partial charge in [-0.05, 0) is 79.6 Å². The van der Waals surface area contributed by atoms with Gasteiger partial charge in [0.05, 0.1) is 11.3 Å². The van der Waals surface area contributed by atoms with E-state index < -0.39 is 68.9 Å². The third-order valence-corrected chi connectivity index (χ3v) is 16.9. The van der Waals surface area contributed by atoms with E-state index in [1.807, 2.05) is 23.1 Å². The third-order valence-electron chi connectivity index (χ3n) is 15.4. The Morgan fingerprint density at radius 3 is 2.30 bits per heavy atom. The second-order valence-corrected chi connectivity index (χ2v) is 21.4. The van der Waals surface area contributed by atoms with Gasteiger partial charge in [-0.1, -0.05) is 31.2 Å². The number of nitrogens with one attached hydrogen (secondary N) is 3. The van der Waals surface area contributed by atoms with E-state index in [9.17, 15) is 37.5 Å². The normalized spacial score (nSPS) is 20.8. The number of piperazine rings is 1. The van der Waals surface area contributed by atoms with Crippen LogP contribution in [-0.2, 0) is 31.1 Å². The van der Waals surface area contributed by atoms with Crippen molar-refractivity contribution in [2.24, 2.45) is 5.92 Å². The van der Waals surface area contributed by atoms with E-state index in [1.54, 1.807) is 31.3 Å². The molecule has 4 fully saturated rings. The molecule has 21 heteroatoms. The number of amides is 4. The molecule has 10 rings (SSSR count). The molecular formula is C52H58F2N10O8S. The van der Waals surface area contributed by atoms with Crippen molar-refractivity contribution in [2.45, 2.75) is 70.3 Å². The van der Waals surface area contributed by atoms with E-state index in [2.05, 4.69) is 46.8 Å². The van der Waals surface area contributed by atoms with E-state index in [0.717, 1.165) is 91.9 Å². The van der Waals surface area contributed by atoms with Crippen molar-refractivity contribution in [3.05, 3.63) is 113 Å². The first-order valence-electron chi connectivity index (χ1n) is 24.9. The largest absolute Gasteiger partial charge is 0.371 e. The number of fused-ring (bicyclic) bond motifs is 2. The summed E-state index contributed by atoms with van der Waals surface area (Å²) in [6, 6.07) is 16.4. The fourth-order valence-electron chi connectivity index (χ4n) is 11.0. The first-order valence-corrected chi connectivity index (χ1v) is 26.3. The maximum absolute atomic E-state index is 15.7. The highest BCUT2D eigenvalue weighted by atomic mass is 32.2. The second kappa shape index (κ2) is 20.3. The first kappa shape index (κ1) is 49.9. The number of benzene rings is 3. The topological polar surface area (TPSA) is 212 Å². The van der Waals surface area contributed by atoms with Crippen LogP contribution in [0.1, 0.15) is 89.1 Å². The Morgan fingerprint density at radius 2 is 1.60 bits per heavy atom. The van der Waals surface area contributed by atoms with Crippen LogP contribution in [0.5, 0.6) is 0 Å². The number of anilines is 2. The third kappa shape index (κ3) is 9.83. The minimum Gasteiger partial charge on any atom is -0.371 e. The fourth-order valence-corrected chi connectivity index (χ4v) is 11.9. The molecule has 4 saturated heterocycles. The lowest BCUT2D eigenvalue weighted by molar-refractivity contribution is -0.140. The Morgan fingerprint density at radius 1 is 0.877 bits per heavy atom. The smallest absolute Gasteiger partial charge is 0.301 e. The Bertz CT molecular complexity index is 3090. The lowest BCUT2D eigenvalue weighted by Crippen LogP contribution is -2.54. The van der Waals surface area contributed by atoms with Gasteiger partial charge in [-0.25, -0.2) is 13.8 Å². The highest BCUT2D eigenvalue weighted by Gasteiger charge is 2.45. The Balaban J connectivity index is 0.683. The molecule has 7 heterocycles. The van der Waals surface area contributed by atoms with E-state index in [1.165, 1.54) is 18.1 Å². The van der Waals surface area contributed by atoms with Gasteiger partial charge in [-0.2, -0.15) is 12.7 Å². The molecule has 2 aromatic heterocycles. The summed E-state index contributed by atoms with van der Waals surface area (Å²) in [5, 5.41) is 13.8. The number of piperidine rings is 3.